The molecular formula is C26H18ClN3O2S. The SMILES string of the molecule is N#C/C(C(=O)NCc1ccccc1)=c1\s/c(=C/c2ccccc2Cl)c(=O)n1-c1ccccc1. The van der Waals surface area contributed by atoms with E-state index in [2.05, 4.69) is 5.32 Å². The number of rotatable bonds is 5. The number of amides is 1. The molecular weight excluding hydrogens is 454 g/mol. The van der Waals surface area contributed by atoms with Crippen molar-refractivity contribution in [3.8, 4) is 11.8 Å². The summed E-state index contributed by atoms with van der Waals surface area (Å²) < 4.78 is 2.02. The van der Waals surface area contributed by atoms with Crippen molar-refractivity contribution < 1.29 is 4.79 Å². The van der Waals surface area contributed by atoms with Crippen LogP contribution in [0.4, 0.5) is 0 Å². The van der Waals surface area contributed by atoms with E-state index in [1.807, 2.05) is 48.5 Å². The van der Waals surface area contributed by atoms with E-state index < -0.39 is 5.91 Å². The van der Waals surface area contributed by atoms with Crippen molar-refractivity contribution in [3.05, 3.63) is 121 Å². The first-order valence-electron chi connectivity index (χ1n) is 10.1. The number of thiazole rings is 1. The van der Waals surface area contributed by atoms with Gasteiger partial charge < -0.3 is 5.32 Å². The standard InChI is InChI=1S/C26H18ClN3O2S/c27-22-14-8-7-11-19(22)15-23-25(32)30(20-12-5-2-6-13-20)26(33-23)21(16-28)24(31)29-17-18-9-3-1-4-10-18/h1-15H,17H2,(H,29,31)/b23-15+,26-21+. The molecule has 0 fully saturated rings. The van der Waals surface area contributed by atoms with Crippen LogP contribution in [-0.2, 0) is 11.3 Å². The number of nitrogens with zero attached hydrogens (tertiary/aromatic N) is 2. The molecule has 0 atom stereocenters. The van der Waals surface area contributed by atoms with Crippen molar-refractivity contribution in [1.82, 2.24) is 9.88 Å². The largest absolute Gasteiger partial charge is 0.347 e. The maximum atomic E-state index is 13.4. The van der Waals surface area contributed by atoms with Crippen molar-refractivity contribution in [2.45, 2.75) is 6.54 Å². The Morgan fingerprint density at radius 3 is 2.30 bits per heavy atom. The molecule has 0 radical (unpaired) electrons. The fourth-order valence-electron chi connectivity index (χ4n) is 3.26. The average molecular weight is 472 g/mol. The molecule has 1 heterocycles. The van der Waals surface area contributed by atoms with Gasteiger partial charge in [0.1, 0.15) is 10.7 Å². The van der Waals surface area contributed by atoms with E-state index in [4.69, 9.17) is 11.6 Å². The third-order valence-corrected chi connectivity index (χ3v) is 6.32. The molecule has 3 aromatic carbocycles. The Kier molecular flexibility index (Phi) is 6.84. The zero-order valence-electron chi connectivity index (χ0n) is 17.4. The number of benzene rings is 3. The Labute approximate surface area is 199 Å². The van der Waals surface area contributed by atoms with E-state index in [1.165, 1.54) is 4.57 Å². The van der Waals surface area contributed by atoms with Crippen molar-refractivity contribution in [2.24, 2.45) is 0 Å². The van der Waals surface area contributed by atoms with Gasteiger partial charge in [-0.1, -0.05) is 78.3 Å². The van der Waals surface area contributed by atoms with Crippen LogP contribution in [0.2, 0.25) is 5.02 Å². The lowest BCUT2D eigenvalue weighted by molar-refractivity contribution is -0.115. The molecule has 5 nitrogen and oxygen atoms in total. The maximum Gasteiger partial charge on any atom is 0.273 e. The van der Waals surface area contributed by atoms with Crippen LogP contribution in [-0.4, -0.2) is 10.5 Å². The summed E-state index contributed by atoms with van der Waals surface area (Å²) in [5.74, 6) is -0.545. The fourth-order valence-corrected chi connectivity index (χ4v) is 4.54. The summed E-state index contributed by atoms with van der Waals surface area (Å²) in [4.78, 5) is 26.3. The lowest BCUT2D eigenvalue weighted by atomic mass is 10.2. The quantitative estimate of drug-likeness (QED) is 0.485. The number of carbonyl (C=O) groups is 1. The summed E-state index contributed by atoms with van der Waals surface area (Å²) in [6.07, 6.45) is 1.68. The summed E-state index contributed by atoms with van der Waals surface area (Å²) in [7, 11) is 0. The van der Waals surface area contributed by atoms with Gasteiger partial charge in [-0.05, 0) is 35.4 Å². The molecule has 7 heteroatoms. The van der Waals surface area contributed by atoms with E-state index in [1.54, 1.807) is 48.5 Å². The first-order chi connectivity index (χ1) is 16.1. The fraction of sp³-hybridized carbons (Fsp3) is 0.0385. The van der Waals surface area contributed by atoms with Crippen molar-refractivity contribution in [1.29, 1.82) is 5.26 Å². The molecule has 0 unspecified atom stereocenters. The number of nitrogens with one attached hydrogen (secondary N) is 1. The van der Waals surface area contributed by atoms with Crippen LogP contribution in [0.1, 0.15) is 11.1 Å². The summed E-state index contributed by atoms with van der Waals surface area (Å²) >= 11 is 7.36. The van der Waals surface area contributed by atoms with Crippen LogP contribution < -0.4 is 20.1 Å². The first-order valence-corrected chi connectivity index (χ1v) is 11.3. The summed E-state index contributed by atoms with van der Waals surface area (Å²) in [6, 6.07) is 27.5. The van der Waals surface area contributed by atoms with E-state index in [0.29, 0.717) is 20.8 Å². The van der Waals surface area contributed by atoms with Gasteiger partial charge in [0.05, 0.1) is 10.2 Å². The number of aromatic nitrogens is 1. The van der Waals surface area contributed by atoms with E-state index in [0.717, 1.165) is 16.9 Å². The number of halogens is 1. The summed E-state index contributed by atoms with van der Waals surface area (Å²) in [5, 5.41) is 13.1. The molecule has 1 N–H and O–H groups in total. The topological polar surface area (TPSA) is 74.9 Å². The van der Waals surface area contributed by atoms with E-state index >= 15 is 0 Å². The van der Waals surface area contributed by atoms with Crippen LogP contribution >= 0.6 is 22.9 Å². The van der Waals surface area contributed by atoms with Crippen LogP contribution in [0.5, 0.6) is 0 Å². The highest BCUT2D eigenvalue weighted by Crippen LogP contribution is 2.15. The highest BCUT2D eigenvalue weighted by Gasteiger charge is 2.17. The number of hydrogen-bond donors (Lipinski definition) is 1. The number of para-hydroxylation sites is 1. The number of hydrogen-bond acceptors (Lipinski definition) is 4. The number of carbonyl (C=O) groups excluding carboxylic acids is 1. The molecule has 0 saturated carbocycles. The smallest absolute Gasteiger partial charge is 0.273 e. The second-order valence-corrected chi connectivity index (χ2v) is 8.51. The molecule has 0 aliphatic carbocycles. The van der Waals surface area contributed by atoms with Crippen molar-refractivity contribution in [2.75, 3.05) is 0 Å². The van der Waals surface area contributed by atoms with Gasteiger partial charge in [-0.3, -0.25) is 14.2 Å². The van der Waals surface area contributed by atoms with Gasteiger partial charge in [-0.25, -0.2) is 0 Å². The zero-order valence-corrected chi connectivity index (χ0v) is 18.9. The van der Waals surface area contributed by atoms with Gasteiger partial charge in [-0.2, -0.15) is 5.26 Å². The van der Waals surface area contributed by atoms with Crippen molar-refractivity contribution in [3.63, 3.8) is 0 Å². The van der Waals surface area contributed by atoms with Gasteiger partial charge in [0.15, 0.2) is 5.57 Å². The van der Waals surface area contributed by atoms with Crippen LogP contribution in [0.3, 0.4) is 0 Å². The molecule has 1 amide bonds. The molecule has 0 saturated heterocycles. The second-order valence-electron chi connectivity index (χ2n) is 7.07. The molecule has 4 rings (SSSR count). The number of nitriles is 1. The molecule has 0 bridgehead atoms. The third kappa shape index (κ3) is 4.96. The Morgan fingerprint density at radius 2 is 1.64 bits per heavy atom. The lowest BCUT2D eigenvalue weighted by Gasteiger charge is -2.06. The minimum absolute atomic E-state index is 0.129. The van der Waals surface area contributed by atoms with Gasteiger partial charge in [0.25, 0.3) is 11.5 Å². The lowest BCUT2D eigenvalue weighted by Crippen LogP contribution is -2.33. The zero-order chi connectivity index (χ0) is 23.2. The van der Waals surface area contributed by atoms with Crippen molar-refractivity contribution >= 4 is 40.5 Å². The minimum Gasteiger partial charge on any atom is -0.347 e. The van der Waals surface area contributed by atoms with Crippen LogP contribution in [0.15, 0.2) is 89.7 Å². The molecule has 0 aliphatic heterocycles. The Hall–Kier alpha value is -3.92. The molecule has 4 aromatic rings. The minimum atomic E-state index is -0.545. The van der Waals surface area contributed by atoms with Crippen LogP contribution in [0.25, 0.3) is 17.3 Å². The predicted octanol–water partition coefficient (Wildman–Crippen LogP) is 3.37. The normalized spacial score (nSPS) is 12.2. The Morgan fingerprint density at radius 1 is 1.00 bits per heavy atom. The third-order valence-electron chi connectivity index (χ3n) is 4.88. The van der Waals surface area contributed by atoms with E-state index in [9.17, 15) is 14.9 Å². The highest BCUT2D eigenvalue weighted by molar-refractivity contribution is 7.07. The van der Waals surface area contributed by atoms with Crippen LogP contribution in [0, 0.1) is 11.3 Å². The highest BCUT2D eigenvalue weighted by atomic mass is 35.5. The Bertz CT molecular complexity index is 1520. The molecule has 1 aromatic heterocycles. The first kappa shape index (κ1) is 22.3. The van der Waals surface area contributed by atoms with Gasteiger partial charge in [0, 0.05) is 11.6 Å². The van der Waals surface area contributed by atoms with E-state index in [-0.39, 0.29) is 22.3 Å². The second kappa shape index (κ2) is 10.1. The summed E-state index contributed by atoms with van der Waals surface area (Å²) in [6.45, 7) is 0.268. The van der Waals surface area contributed by atoms with Gasteiger partial charge in [0.2, 0.25) is 0 Å². The average Bonchev–Trinajstić information content (AvgIpc) is 3.16. The van der Waals surface area contributed by atoms with Gasteiger partial charge in [-0.15, -0.1) is 11.3 Å². The molecule has 0 spiro atoms. The Balaban J connectivity index is 1.89. The monoisotopic (exact) mass is 471 g/mol. The predicted molar refractivity (Wildman–Crippen MR) is 131 cm³/mol. The molecule has 162 valence electrons. The molecule has 0 aliphatic rings. The maximum absolute atomic E-state index is 13.4. The molecule has 33 heavy (non-hydrogen) atoms. The van der Waals surface area contributed by atoms with Gasteiger partial charge >= 0.3 is 0 Å². The summed E-state index contributed by atoms with van der Waals surface area (Å²) in [5.41, 5.74) is 1.69.